The fourth-order valence-electron chi connectivity index (χ4n) is 3.30. The van der Waals surface area contributed by atoms with Crippen LogP contribution in [-0.2, 0) is 20.7 Å². The number of aliphatic carboxylic acids is 1. The van der Waals surface area contributed by atoms with Crippen molar-refractivity contribution in [3.8, 4) is 0 Å². The van der Waals surface area contributed by atoms with E-state index in [0.29, 0.717) is 32.5 Å². The lowest BCUT2D eigenvalue weighted by Crippen LogP contribution is -2.50. The number of amides is 2. The molecule has 2 rings (SSSR count). The maximum atomic E-state index is 12.7. The molecule has 1 aliphatic rings. The van der Waals surface area contributed by atoms with Crippen LogP contribution in [0.25, 0.3) is 0 Å². The Hall–Kier alpha value is -2.57. The summed E-state index contributed by atoms with van der Waals surface area (Å²) in [6.45, 7) is 3.01. The molecule has 1 aromatic carbocycles. The summed E-state index contributed by atoms with van der Waals surface area (Å²) in [7, 11) is 0. The summed E-state index contributed by atoms with van der Waals surface area (Å²) in [5.41, 5.74) is 1.04. The molecular formula is C20H28N2O5. The Kier molecular flexibility index (Phi) is 8.10. The molecule has 1 fully saturated rings. The maximum absolute atomic E-state index is 12.7. The van der Waals surface area contributed by atoms with Gasteiger partial charge in [0.25, 0.3) is 0 Å². The standard InChI is InChI=1S/C20H28N2O5/c1-2-27-19(25)16-9-6-12-22(14-16)20(26)21-17(10-11-18(23)24)13-15-7-4-3-5-8-15/h3-5,7-8,16-17H,2,6,9-14H2,1H3,(H,21,26)(H,23,24)/t16-,17?/m1/s1. The summed E-state index contributed by atoms with van der Waals surface area (Å²) in [5.74, 6) is -1.44. The van der Waals surface area contributed by atoms with Gasteiger partial charge < -0.3 is 20.1 Å². The zero-order valence-electron chi connectivity index (χ0n) is 15.7. The SMILES string of the molecule is CCOC(=O)[C@@H]1CCCN(C(=O)NC(CCC(=O)O)Cc2ccccc2)C1. The highest BCUT2D eigenvalue weighted by Gasteiger charge is 2.30. The molecule has 148 valence electrons. The Morgan fingerprint density at radius 2 is 2.04 bits per heavy atom. The number of urea groups is 1. The van der Waals surface area contributed by atoms with E-state index in [-0.39, 0.29) is 30.4 Å². The number of carbonyl (C=O) groups excluding carboxylic acids is 2. The monoisotopic (exact) mass is 376 g/mol. The first kappa shape index (κ1) is 20.7. The first-order valence-electron chi connectivity index (χ1n) is 9.47. The van der Waals surface area contributed by atoms with Crippen molar-refractivity contribution in [2.75, 3.05) is 19.7 Å². The van der Waals surface area contributed by atoms with Crippen LogP contribution in [0.4, 0.5) is 4.79 Å². The number of nitrogens with zero attached hydrogens (tertiary/aromatic N) is 1. The molecule has 1 aromatic rings. The molecule has 0 aromatic heterocycles. The molecule has 0 spiro atoms. The fraction of sp³-hybridized carbons (Fsp3) is 0.550. The van der Waals surface area contributed by atoms with Crippen LogP contribution in [0, 0.1) is 5.92 Å². The molecule has 2 N–H and O–H groups in total. The third-order valence-corrected chi connectivity index (χ3v) is 4.69. The quantitative estimate of drug-likeness (QED) is 0.680. The average molecular weight is 376 g/mol. The molecular weight excluding hydrogens is 348 g/mol. The van der Waals surface area contributed by atoms with Gasteiger partial charge in [-0.3, -0.25) is 9.59 Å². The van der Waals surface area contributed by atoms with Crippen molar-refractivity contribution >= 4 is 18.0 Å². The molecule has 1 unspecified atom stereocenters. The number of piperidine rings is 1. The van der Waals surface area contributed by atoms with Gasteiger partial charge in [-0.15, -0.1) is 0 Å². The molecule has 0 bridgehead atoms. The second-order valence-corrected chi connectivity index (χ2v) is 6.81. The largest absolute Gasteiger partial charge is 0.481 e. The number of carboxylic acids is 1. The zero-order chi connectivity index (χ0) is 19.6. The molecule has 0 aliphatic carbocycles. The molecule has 1 heterocycles. The van der Waals surface area contributed by atoms with Gasteiger partial charge in [-0.1, -0.05) is 30.3 Å². The lowest BCUT2D eigenvalue weighted by Gasteiger charge is -2.33. The van der Waals surface area contributed by atoms with E-state index in [0.717, 1.165) is 18.4 Å². The van der Waals surface area contributed by atoms with Gasteiger partial charge in [0.2, 0.25) is 0 Å². The van der Waals surface area contributed by atoms with Gasteiger partial charge in [-0.25, -0.2) is 4.79 Å². The van der Waals surface area contributed by atoms with E-state index < -0.39 is 5.97 Å². The first-order valence-corrected chi connectivity index (χ1v) is 9.47. The highest BCUT2D eigenvalue weighted by atomic mass is 16.5. The topological polar surface area (TPSA) is 95.9 Å². The minimum Gasteiger partial charge on any atom is -0.481 e. The number of esters is 1. The van der Waals surface area contributed by atoms with Crippen molar-refractivity contribution in [1.29, 1.82) is 0 Å². The minimum absolute atomic E-state index is 0.0107. The Morgan fingerprint density at radius 1 is 1.30 bits per heavy atom. The summed E-state index contributed by atoms with van der Waals surface area (Å²) in [6, 6.07) is 9.13. The van der Waals surface area contributed by atoms with Crippen molar-refractivity contribution < 1.29 is 24.2 Å². The molecule has 2 amide bonds. The lowest BCUT2D eigenvalue weighted by atomic mass is 9.98. The molecule has 1 saturated heterocycles. The number of nitrogens with one attached hydrogen (secondary N) is 1. The summed E-state index contributed by atoms with van der Waals surface area (Å²) in [4.78, 5) is 37.2. The summed E-state index contributed by atoms with van der Waals surface area (Å²) in [5, 5.41) is 11.9. The normalized spacial score (nSPS) is 17.8. The number of hydrogen-bond acceptors (Lipinski definition) is 4. The van der Waals surface area contributed by atoms with Crippen molar-refractivity contribution in [2.24, 2.45) is 5.92 Å². The third-order valence-electron chi connectivity index (χ3n) is 4.69. The maximum Gasteiger partial charge on any atom is 0.317 e. The lowest BCUT2D eigenvalue weighted by molar-refractivity contribution is -0.149. The summed E-state index contributed by atoms with van der Waals surface area (Å²) >= 11 is 0. The van der Waals surface area contributed by atoms with Crippen LogP contribution in [-0.4, -0.2) is 53.7 Å². The van der Waals surface area contributed by atoms with Crippen LogP contribution >= 0.6 is 0 Å². The van der Waals surface area contributed by atoms with Gasteiger partial charge in [-0.05, 0) is 38.2 Å². The van der Waals surface area contributed by atoms with Gasteiger partial charge in [0, 0.05) is 25.6 Å². The van der Waals surface area contributed by atoms with E-state index in [4.69, 9.17) is 9.84 Å². The number of hydrogen-bond donors (Lipinski definition) is 2. The Labute approximate surface area is 159 Å². The number of carbonyl (C=O) groups is 3. The van der Waals surface area contributed by atoms with E-state index in [1.165, 1.54) is 0 Å². The van der Waals surface area contributed by atoms with Gasteiger partial charge in [0.15, 0.2) is 0 Å². The number of carboxylic acid groups (broad SMARTS) is 1. The molecule has 27 heavy (non-hydrogen) atoms. The summed E-state index contributed by atoms with van der Waals surface area (Å²) in [6.07, 6.45) is 2.37. The van der Waals surface area contributed by atoms with E-state index in [9.17, 15) is 14.4 Å². The highest BCUT2D eigenvalue weighted by Crippen LogP contribution is 2.18. The fourth-order valence-corrected chi connectivity index (χ4v) is 3.30. The van der Waals surface area contributed by atoms with E-state index in [1.54, 1.807) is 11.8 Å². The van der Waals surface area contributed by atoms with Gasteiger partial charge in [-0.2, -0.15) is 0 Å². The van der Waals surface area contributed by atoms with E-state index in [2.05, 4.69) is 5.32 Å². The Balaban J connectivity index is 1.96. The van der Waals surface area contributed by atoms with Crippen LogP contribution < -0.4 is 5.32 Å². The van der Waals surface area contributed by atoms with Gasteiger partial charge in [0.05, 0.1) is 12.5 Å². The Bertz CT molecular complexity index is 635. The average Bonchev–Trinajstić information content (AvgIpc) is 2.67. The van der Waals surface area contributed by atoms with Crippen LogP contribution in [0.5, 0.6) is 0 Å². The molecule has 2 atom stereocenters. The second kappa shape index (κ2) is 10.5. The van der Waals surface area contributed by atoms with E-state index in [1.807, 2.05) is 30.3 Å². The molecule has 0 saturated carbocycles. The van der Waals surface area contributed by atoms with Gasteiger partial charge >= 0.3 is 18.0 Å². The van der Waals surface area contributed by atoms with Crippen molar-refractivity contribution in [3.05, 3.63) is 35.9 Å². The highest BCUT2D eigenvalue weighted by molar-refractivity contribution is 5.77. The smallest absolute Gasteiger partial charge is 0.317 e. The number of ether oxygens (including phenoxy) is 1. The van der Waals surface area contributed by atoms with Crippen molar-refractivity contribution in [2.45, 2.75) is 45.1 Å². The number of rotatable bonds is 8. The van der Waals surface area contributed by atoms with Crippen LogP contribution in [0.1, 0.15) is 38.2 Å². The number of likely N-dealkylation sites (tertiary alicyclic amines) is 1. The molecule has 7 heteroatoms. The molecule has 7 nitrogen and oxygen atoms in total. The third kappa shape index (κ3) is 6.92. The minimum atomic E-state index is -0.886. The zero-order valence-corrected chi connectivity index (χ0v) is 15.7. The van der Waals surface area contributed by atoms with Gasteiger partial charge in [0.1, 0.15) is 0 Å². The van der Waals surface area contributed by atoms with Crippen LogP contribution in [0.15, 0.2) is 30.3 Å². The van der Waals surface area contributed by atoms with Crippen LogP contribution in [0.2, 0.25) is 0 Å². The first-order chi connectivity index (χ1) is 13.0. The van der Waals surface area contributed by atoms with Crippen molar-refractivity contribution in [1.82, 2.24) is 10.2 Å². The second-order valence-electron chi connectivity index (χ2n) is 6.81. The van der Waals surface area contributed by atoms with Crippen LogP contribution in [0.3, 0.4) is 0 Å². The Morgan fingerprint density at radius 3 is 2.70 bits per heavy atom. The van der Waals surface area contributed by atoms with E-state index >= 15 is 0 Å². The van der Waals surface area contributed by atoms with Crippen molar-refractivity contribution in [3.63, 3.8) is 0 Å². The number of benzene rings is 1. The summed E-state index contributed by atoms with van der Waals surface area (Å²) < 4.78 is 5.07. The predicted molar refractivity (Wildman–Crippen MR) is 100 cm³/mol. The predicted octanol–water partition coefficient (Wildman–Crippen LogP) is 2.45. The molecule has 1 aliphatic heterocycles. The molecule has 0 radical (unpaired) electrons.